The minimum atomic E-state index is -0.187. The fraction of sp³-hybridized carbons (Fsp3) is 0. The van der Waals surface area contributed by atoms with Gasteiger partial charge in [0.25, 0.3) is 5.91 Å². The number of carbonyl (C=O) groups is 1. The van der Waals surface area contributed by atoms with Gasteiger partial charge in [-0.05, 0) is 60.5 Å². The first-order chi connectivity index (χ1) is 11.7. The molecule has 3 aromatic rings. The van der Waals surface area contributed by atoms with Crippen LogP contribution in [0.4, 0.5) is 11.6 Å². The highest BCUT2D eigenvalue weighted by molar-refractivity contribution is 8.00. The van der Waals surface area contributed by atoms with Crippen molar-refractivity contribution in [1.82, 2.24) is 9.97 Å². The van der Waals surface area contributed by atoms with E-state index in [9.17, 15) is 4.79 Å². The van der Waals surface area contributed by atoms with Gasteiger partial charge in [-0.15, -0.1) is 0 Å². The maximum absolute atomic E-state index is 12.2. The second-order valence-corrected chi connectivity index (χ2v) is 6.08. The molecule has 0 spiro atoms. The van der Waals surface area contributed by atoms with E-state index in [1.54, 1.807) is 42.7 Å². The van der Waals surface area contributed by atoms with E-state index in [0.29, 0.717) is 22.2 Å². The minimum absolute atomic E-state index is 0.187. The molecular formula is C17H13ClN4OS. The molecule has 0 bridgehead atoms. The number of benzene rings is 2. The van der Waals surface area contributed by atoms with Gasteiger partial charge in [-0.3, -0.25) is 9.52 Å². The Hall–Kier alpha value is -2.57. The molecule has 120 valence electrons. The Morgan fingerprint density at radius 2 is 1.75 bits per heavy atom. The number of anilines is 2. The van der Waals surface area contributed by atoms with Gasteiger partial charge >= 0.3 is 0 Å². The van der Waals surface area contributed by atoms with Crippen molar-refractivity contribution in [3.63, 3.8) is 0 Å². The summed E-state index contributed by atoms with van der Waals surface area (Å²) < 4.78 is 3.05. The topological polar surface area (TPSA) is 66.9 Å². The molecule has 0 saturated heterocycles. The van der Waals surface area contributed by atoms with Crippen LogP contribution in [0, 0.1) is 0 Å². The van der Waals surface area contributed by atoms with Crippen LogP contribution >= 0.6 is 23.5 Å². The highest BCUT2D eigenvalue weighted by Crippen LogP contribution is 2.22. The van der Waals surface area contributed by atoms with Crippen molar-refractivity contribution >= 4 is 41.1 Å². The second-order valence-electron chi connectivity index (χ2n) is 4.77. The highest BCUT2D eigenvalue weighted by Gasteiger charge is 2.06. The van der Waals surface area contributed by atoms with Gasteiger partial charge in [0.05, 0.1) is 0 Å². The van der Waals surface area contributed by atoms with Crippen molar-refractivity contribution < 1.29 is 4.79 Å². The third kappa shape index (κ3) is 4.47. The van der Waals surface area contributed by atoms with Crippen LogP contribution in [-0.4, -0.2) is 15.9 Å². The average Bonchev–Trinajstić information content (AvgIpc) is 2.62. The zero-order chi connectivity index (χ0) is 16.8. The Labute approximate surface area is 148 Å². The van der Waals surface area contributed by atoms with E-state index < -0.39 is 0 Å². The maximum atomic E-state index is 12.2. The van der Waals surface area contributed by atoms with Crippen molar-refractivity contribution in [2.75, 3.05) is 10.0 Å². The first-order valence-corrected chi connectivity index (χ1v) is 8.27. The van der Waals surface area contributed by atoms with Crippen LogP contribution in [0.3, 0.4) is 0 Å². The molecular weight excluding hydrogens is 344 g/mol. The number of nitrogens with zero attached hydrogens (tertiary/aromatic N) is 2. The molecule has 1 heterocycles. The molecule has 0 radical (unpaired) electrons. The van der Waals surface area contributed by atoms with Crippen molar-refractivity contribution in [2.45, 2.75) is 4.90 Å². The van der Waals surface area contributed by atoms with Crippen LogP contribution in [0.1, 0.15) is 10.4 Å². The lowest BCUT2D eigenvalue weighted by molar-refractivity contribution is 0.102. The summed E-state index contributed by atoms with van der Waals surface area (Å²) in [5, 5.41) is 3.46. The van der Waals surface area contributed by atoms with Crippen LogP contribution < -0.4 is 10.0 Å². The SMILES string of the molecule is O=C(Nc1cccc(SNc2ncccn2)c1)c1ccc(Cl)cc1. The maximum Gasteiger partial charge on any atom is 0.255 e. The van der Waals surface area contributed by atoms with Crippen LogP contribution in [-0.2, 0) is 0 Å². The normalized spacial score (nSPS) is 10.2. The van der Waals surface area contributed by atoms with Gasteiger partial charge < -0.3 is 5.32 Å². The third-order valence-corrected chi connectivity index (χ3v) is 4.05. The molecule has 0 unspecified atom stereocenters. The molecule has 24 heavy (non-hydrogen) atoms. The van der Waals surface area contributed by atoms with Crippen LogP contribution in [0.2, 0.25) is 5.02 Å². The highest BCUT2D eigenvalue weighted by atomic mass is 35.5. The van der Waals surface area contributed by atoms with Crippen molar-refractivity contribution in [3.05, 3.63) is 77.6 Å². The van der Waals surface area contributed by atoms with E-state index in [1.165, 1.54) is 11.9 Å². The Balaban J connectivity index is 1.64. The van der Waals surface area contributed by atoms with Gasteiger partial charge in [0.2, 0.25) is 5.95 Å². The molecule has 0 atom stereocenters. The molecule has 0 aliphatic heterocycles. The summed E-state index contributed by atoms with van der Waals surface area (Å²) in [7, 11) is 0. The predicted molar refractivity (Wildman–Crippen MR) is 97.4 cm³/mol. The van der Waals surface area contributed by atoms with Crippen molar-refractivity contribution in [3.8, 4) is 0 Å². The lowest BCUT2D eigenvalue weighted by atomic mass is 10.2. The molecule has 3 rings (SSSR count). The number of halogens is 1. The Morgan fingerprint density at radius 3 is 2.50 bits per heavy atom. The summed E-state index contributed by atoms with van der Waals surface area (Å²) in [5.41, 5.74) is 1.25. The van der Waals surface area contributed by atoms with E-state index >= 15 is 0 Å². The number of amides is 1. The molecule has 1 amide bonds. The lowest BCUT2D eigenvalue weighted by Crippen LogP contribution is -2.11. The predicted octanol–water partition coefficient (Wildman–Crippen LogP) is 4.50. The molecule has 0 aliphatic carbocycles. The second kappa shape index (κ2) is 7.81. The lowest BCUT2D eigenvalue weighted by Gasteiger charge is -2.08. The number of carbonyl (C=O) groups excluding carboxylic acids is 1. The first-order valence-electron chi connectivity index (χ1n) is 7.07. The summed E-state index contributed by atoms with van der Waals surface area (Å²) in [6.07, 6.45) is 3.33. The Kier molecular flexibility index (Phi) is 5.30. The summed E-state index contributed by atoms with van der Waals surface area (Å²) in [5.74, 6) is 0.339. The molecule has 2 aromatic carbocycles. The zero-order valence-electron chi connectivity index (χ0n) is 12.4. The van der Waals surface area contributed by atoms with E-state index in [0.717, 1.165) is 4.90 Å². The van der Waals surface area contributed by atoms with Crippen LogP contribution in [0.5, 0.6) is 0 Å². The van der Waals surface area contributed by atoms with Crippen LogP contribution in [0.15, 0.2) is 71.9 Å². The average molecular weight is 357 g/mol. The number of hydrogen-bond acceptors (Lipinski definition) is 5. The number of nitrogens with one attached hydrogen (secondary N) is 2. The Bertz CT molecular complexity index is 828. The molecule has 0 fully saturated rings. The molecule has 5 nitrogen and oxygen atoms in total. The van der Waals surface area contributed by atoms with Gasteiger partial charge in [-0.1, -0.05) is 17.7 Å². The third-order valence-electron chi connectivity index (χ3n) is 3.02. The number of hydrogen-bond donors (Lipinski definition) is 2. The molecule has 0 saturated carbocycles. The van der Waals surface area contributed by atoms with E-state index in [1.807, 2.05) is 24.3 Å². The summed E-state index contributed by atoms with van der Waals surface area (Å²) in [4.78, 5) is 21.3. The smallest absolute Gasteiger partial charge is 0.255 e. The van der Waals surface area contributed by atoms with Crippen molar-refractivity contribution in [1.29, 1.82) is 0 Å². The number of rotatable bonds is 5. The molecule has 1 aromatic heterocycles. The Morgan fingerprint density at radius 1 is 1.00 bits per heavy atom. The van der Waals surface area contributed by atoms with E-state index in [4.69, 9.17) is 11.6 Å². The van der Waals surface area contributed by atoms with Gasteiger partial charge in [-0.2, -0.15) is 0 Å². The molecule has 0 aliphatic rings. The minimum Gasteiger partial charge on any atom is -0.322 e. The van der Waals surface area contributed by atoms with Crippen LogP contribution in [0.25, 0.3) is 0 Å². The fourth-order valence-corrected chi connectivity index (χ4v) is 2.67. The van der Waals surface area contributed by atoms with E-state index in [2.05, 4.69) is 20.0 Å². The monoisotopic (exact) mass is 356 g/mol. The first kappa shape index (κ1) is 16.3. The quantitative estimate of drug-likeness (QED) is 0.659. The number of aromatic nitrogens is 2. The standard InChI is InChI=1S/C17H13ClN4OS/c18-13-7-5-12(6-8-13)16(23)21-14-3-1-4-15(11-14)24-22-17-19-9-2-10-20-17/h1-11H,(H,21,23)(H,19,20,22). The van der Waals surface area contributed by atoms with Gasteiger partial charge in [0, 0.05) is 33.6 Å². The van der Waals surface area contributed by atoms with Gasteiger partial charge in [0.15, 0.2) is 0 Å². The summed E-state index contributed by atoms with van der Waals surface area (Å²) in [6, 6.07) is 16.0. The zero-order valence-corrected chi connectivity index (χ0v) is 14.0. The summed E-state index contributed by atoms with van der Waals surface area (Å²) >= 11 is 7.20. The molecule has 7 heteroatoms. The van der Waals surface area contributed by atoms with Crippen molar-refractivity contribution in [2.24, 2.45) is 0 Å². The fourth-order valence-electron chi connectivity index (χ4n) is 1.90. The molecule has 2 N–H and O–H groups in total. The van der Waals surface area contributed by atoms with Gasteiger partial charge in [0.1, 0.15) is 0 Å². The van der Waals surface area contributed by atoms with Gasteiger partial charge in [-0.25, -0.2) is 9.97 Å². The summed E-state index contributed by atoms with van der Waals surface area (Å²) in [6.45, 7) is 0. The largest absolute Gasteiger partial charge is 0.322 e. The van der Waals surface area contributed by atoms with E-state index in [-0.39, 0.29) is 5.91 Å².